The molecule has 2 heterocycles. The minimum atomic E-state index is -0.0381. The molecule has 0 aliphatic carbocycles. The lowest BCUT2D eigenvalue weighted by Crippen LogP contribution is -2.53. The van der Waals surface area contributed by atoms with Crippen LogP contribution in [-0.2, 0) is 11.2 Å². The van der Waals surface area contributed by atoms with Crippen molar-refractivity contribution in [3.8, 4) is 0 Å². The Labute approximate surface area is 130 Å². The summed E-state index contributed by atoms with van der Waals surface area (Å²) in [4.78, 5) is 12.4. The minimum absolute atomic E-state index is 0.0381. The van der Waals surface area contributed by atoms with Crippen LogP contribution in [0.4, 0.5) is 0 Å². The number of amides is 1. The van der Waals surface area contributed by atoms with Crippen molar-refractivity contribution in [3.63, 3.8) is 0 Å². The van der Waals surface area contributed by atoms with Crippen molar-refractivity contribution in [2.75, 3.05) is 25.4 Å². The Morgan fingerprint density at radius 2 is 2.05 bits per heavy atom. The molecule has 2 fully saturated rings. The van der Waals surface area contributed by atoms with Crippen LogP contribution in [0.15, 0.2) is 30.3 Å². The number of hydrogen-bond donors (Lipinski definition) is 3. The summed E-state index contributed by atoms with van der Waals surface area (Å²) in [5.74, 6) is 1.03. The number of carbonyl (C=O) groups excluding carboxylic acids is 1. The van der Waals surface area contributed by atoms with Gasteiger partial charge in [0.25, 0.3) is 0 Å². The van der Waals surface area contributed by atoms with Gasteiger partial charge in [0.1, 0.15) is 0 Å². The molecule has 3 N–H and O–H groups in total. The van der Waals surface area contributed by atoms with Crippen molar-refractivity contribution in [1.82, 2.24) is 16.0 Å². The summed E-state index contributed by atoms with van der Waals surface area (Å²) in [6.07, 6.45) is 3.10. The number of rotatable bonds is 4. The predicted molar refractivity (Wildman–Crippen MR) is 87.4 cm³/mol. The van der Waals surface area contributed by atoms with Gasteiger partial charge in [0, 0.05) is 12.3 Å². The number of benzene rings is 1. The van der Waals surface area contributed by atoms with Gasteiger partial charge in [-0.2, -0.15) is 0 Å². The number of piperidine rings is 1. The second-order valence-corrected chi connectivity index (χ2v) is 7.18. The third kappa shape index (κ3) is 3.78. The molecule has 2 saturated heterocycles. The fraction of sp³-hybridized carbons (Fsp3) is 0.562. The van der Waals surface area contributed by atoms with Crippen LogP contribution in [-0.4, -0.2) is 42.2 Å². The lowest BCUT2D eigenvalue weighted by molar-refractivity contribution is -0.122. The van der Waals surface area contributed by atoms with Crippen LogP contribution < -0.4 is 16.0 Å². The van der Waals surface area contributed by atoms with Crippen LogP contribution in [0.5, 0.6) is 0 Å². The van der Waals surface area contributed by atoms with Crippen LogP contribution in [0.1, 0.15) is 18.4 Å². The van der Waals surface area contributed by atoms with Gasteiger partial charge < -0.3 is 10.6 Å². The van der Waals surface area contributed by atoms with E-state index < -0.39 is 0 Å². The van der Waals surface area contributed by atoms with Crippen LogP contribution in [0, 0.1) is 0 Å². The first-order chi connectivity index (χ1) is 10.3. The topological polar surface area (TPSA) is 53.2 Å². The van der Waals surface area contributed by atoms with E-state index in [2.05, 4.69) is 28.1 Å². The molecule has 1 spiro atoms. The zero-order valence-corrected chi connectivity index (χ0v) is 13.0. The van der Waals surface area contributed by atoms with Gasteiger partial charge in [-0.15, -0.1) is 11.8 Å². The Morgan fingerprint density at radius 3 is 2.81 bits per heavy atom. The summed E-state index contributed by atoms with van der Waals surface area (Å²) < 4.78 is 0. The molecule has 2 aliphatic heterocycles. The third-order valence-corrected chi connectivity index (χ3v) is 5.83. The minimum Gasteiger partial charge on any atom is -0.354 e. The highest BCUT2D eigenvalue weighted by atomic mass is 32.2. The Balaban J connectivity index is 1.44. The first-order valence-corrected chi connectivity index (χ1v) is 8.70. The Bertz CT molecular complexity index is 474. The number of nitrogens with one attached hydrogen (secondary N) is 3. The van der Waals surface area contributed by atoms with Gasteiger partial charge in [-0.3, -0.25) is 10.1 Å². The van der Waals surface area contributed by atoms with Crippen molar-refractivity contribution in [3.05, 3.63) is 35.9 Å². The van der Waals surface area contributed by atoms with E-state index in [1.54, 1.807) is 0 Å². The van der Waals surface area contributed by atoms with E-state index in [0.29, 0.717) is 6.54 Å². The first kappa shape index (κ1) is 14.9. The molecule has 21 heavy (non-hydrogen) atoms. The van der Waals surface area contributed by atoms with E-state index >= 15 is 0 Å². The molecule has 0 saturated carbocycles. The molecule has 1 amide bonds. The molecular weight excluding hydrogens is 282 g/mol. The van der Waals surface area contributed by atoms with Crippen molar-refractivity contribution >= 4 is 17.7 Å². The molecule has 114 valence electrons. The molecule has 4 nitrogen and oxygen atoms in total. The molecule has 2 aliphatic rings. The highest BCUT2D eigenvalue weighted by Crippen LogP contribution is 2.37. The molecule has 1 aromatic carbocycles. The summed E-state index contributed by atoms with van der Waals surface area (Å²) in [6.45, 7) is 2.80. The van der Waals surface area contributed by atoms with Crippen molar-refractivity contribution in [1.29, 1.82) is 0 Å². The zero-order valence-electron chi connectivity index (χ0n) is 12.2. The maximum absolute atomic E-state index is 12.3. The van der Waals surface area contributed by atoms with E-state index in [0.717, 1.165) is 38.1 Å². The quantitative estimate of drug-likeness (QED) is 0.780. The second-order valence-electron chi connectivity index (χ2n) is 5.78. The number of hydrogen-bond acceptors (Lipinski definition) is 4. The number of carbonyl (C=O) groups is 1. The Kier molecular flexibility index (Phi) is 4.83. The highest BCUT2D eigenvalue weighted by molar-refractivity contribution is 8.01. The van der Waals surface area contributed by atoms with Gasteiger partial charge in [0.2, 0.25) is 5.91 Å². The standard InChI is InChI=1S/C16H23N3OS/c20-15(18-9-6-13-4-2-1-3-5-13)14-12-21-16(19-14)7-10-17-11-8-16/h1-5,14,17,19H,6-12H2,(H,18,20). The fourth-order valence-corrected chi connectivity index (χ4v) is 4.44. The molecule has 3 rings (SSSR count). The van der Waals surface area contributed by atoms with Gasteiger partial charge >= 0.3 is 0 Å². The average molecular weight is 305 g/mol. The Hall–Kier alpha value is -1.04. The molecule has 1 unspecified atom stereocenters. The van der Waals surface area contributed by atoms with Gasteiger partial charge in [-0.05, 0) is 37.9 Å². The maximum atomic E-state index is 12.3. The molecule has 0 radical (unpaired) electrons. The molecule has 1 aromatic rings. The van der Waals surface area contributed by atoms with Crippen LogP contribution in [0.2, 0.25) is 0 Å². The summed E-state index contributed by atoms with van der Waals surface area (Å²) in [7, 11) is 0. The summed E-state index contributed by atoms with van der Waals surface area (Å²) in [6, 6.07) is 10.2. The lowest BCUT2D eigenvalue weighted by Gasteiger charge is -2.33. The van der Waals surface area contributed by atoms with E-state index in [4.69, 9.17) is 0 Å². The third-order valence-electron chi connectivity index (χ3n) is 4.25. The molecule has 5 heteroatoms. The number of thioether (sulfide) groups is 1. The molecular formula is C16H23N3OS. The van der Waals surface area contributed by atoms with Gasteiger partial charge in [-0.1, -0.05) is 30.3 Å². The monoisotopic (exact) mass is 305 g/mol. The second kappa shape index (κ2) is 6.81. The average Bonchev–Trinajstić information content (AvgIpc) is 2.93. The van der Waals surface area contributed by atoms with E-state index in [1.165, 1.54) is 5.56 Å². The largest absolute Gasteiger partial charge is 0.354 e. The molecule has 0 bridgehead atoms. The van der Waals surface area contributed by atoms with Crippen molar-refractivity contribution in [2.24, 2.45) is 0 Å². The summed E-state index contributed by atoms with van der Waals surface area (Å²) in [5, 5.41) is 10.0. The first-order valence-electron chi connectivity index (χ1n) is 7.71. The smallest absolute Gasteiger partial charge is 0.238 e. The van der Waals surface area contributed by atoms with Crippen LogP contribution in [0.25, 0.3) is 0 Å². The van der Waals surface area contributed by atoms with E-state index in [1.807, 2.05) is 30.0 Å². The fourth-order valence-electron chi connectivity index (χ4n) is 3.00. The predicted octanol–water partition coefficient (Wildman–Crippen LogP) is 1.13. The van der Waals surface area contributed by atoms with E-state index in [9.17, 15) is 4.79 Å². The summed E-state index contributed by atoms with van der Waals surface area (Å²) in [5.41, 5.74) is 1.27. The SMILES string of the molecule is O=C(NCCc1ccccc1)C1CSC2(CCNCC2)N1. The van der Waals surface area contributed by atoms with Crippen LogP contribution >= 0.6 is 11.8 Å². The highest BCUT2D eigenvalue weighted by Gasteiger charge is 2.42. The van der Waals surface area contributed by atoms with Crippen LogP contribution in [0.3, 0.4) is 0 Å². The van der Waals surface area contributed by atoms with Gasteiger partial charge in [0.05, 0.1) is 10.9 Å². The summed E-state index contributed by atoms with van der Waals surface area (Å²) >= 11 is 1.92. The normalized spacial score (nSPS) is 24.1. The van der Waals surface area contributed by atoms with Gasteiger partial charge in [-0.25, -0.2) is 0 Å². The van der Waals surface area contributed by atoms with Crippen molar-refractivity contribution < 1.29 is 4.79 Å². The Morgan fingerprint density at radius 1 is 1.29 bits per heavy atom. The molecule has 0 aromatic heterocycles. The van der Waals surface area contributed by atoms with Crippen molar-refractivity contribution in [2.45, 2.75) is 30.2 Å². The zero-order chi connectivity index (χ0) is 14.5. The van der Waals surface area contributed by atoms with Gasteiger partial charge in [0.15, 0.2) is 0 Å². The van der Waals surface area contributed by atoms with E-state index in [-0.39, 0.29) is 16.8 Å². The lowest BCUT2D eigenvalue weighted by atomic mass is 10.0. The molecule has 1 atom stereocenters. The maximum Gasteiger partial charge on any atom is 0.238 e.